The molecule has 0 unspecified atom stereocenters. The molecule has 1 heterocycles. The van der Waals surface area contributed by atoms with Gasteiger partial charge in [-0.25, -0.2) is 4.98 Å². The van der Waals surface area contributed by atoms with Gasteiger partial charge in [0, 0.05) is 12.6 Å². The third kappa shape index (κ3) is 2.70. The highest BCUT2D eigenvalue weighted by molar-refractivity contribution is 5.63. The van der Waals surface area contributed by atoms with Crippen LogP contribution in [0.3, 0.4) is 0 Å². The van der Waals surface area contributed by atoms with Crippen LogP contribution < -0.4 is 10.6 Å². The molecule has 1 aliphatic carbocycles. The van der Waals surface area contributed by atoms with E-state index in [1.54, 1.807) is 4.90 Å². The summed E-state index contributed by atoms with van der Waals surface area (Å²) in [5, 5.41) is 19.9. The summed E-state index contributed by atoms with van der Waals surface area (Å²) in [7, 11) is 0. The maximum Gasteiger partial charge on any atom is 0.332 e. The number of hydrogen-bond acceptors (Lipinski definition) is 7. The predicted molar refractivity (Wildman–Crippen MR) is 68.4 cm³/mol. The van der Waals surface area contributed by atoms with Gasteiger partial charge >= 0.3 is 5.69 Å². The van der Waals surface area contributed by atoms with Crippen LogP contribution in [-0.2, 0) is 0 Å². The van der Waals surface area contributed by atoms with Crippen LogP contribution in [0, 0.1) is 28.4 Å². The molecule has 1 saturated carbocycles. The molecule has 1 aromatic heterocycles. The molecule has 0 atom stereocenters. The van der Waals surface area contributed by atoms with Crippen LogP contribution in [0.1, 0.15) is 25.0 Å². The van der Waals surface area contributed by atoms with Gasteiger partial charge in [-0.1, -0.05) is 0 Å². The quantitative estimate of drug-likeness (QED) is 0.623. The van der Waals surface area contributed by atoms with Gasteiger partial charge in [0.25, 0.3) is 0 Å². The average Bonchev–Trinajstić information content (AvgIpc) is 3.12. The van der Waals surface area contributed by atoms with Crippen molar-refractivity contribution in [3.05, 3.63) is 15.8 Å². The summed E-state index contributed by atoms with van der Waals surface area (Å²) in [4.78, 5) is 20.3. The minimum Gasteiger partial charge on any atom is -0.368 e. The van der Waals surface area contributed by atoms with Crippen LogP contribution in [0.15, 0.2) is 0 Å². The van der Waals surface area contributed by atoms with Gasteiger partial charge in [-0.15, -0.1) is 0 Å². The van der Waals surface area contributed by atoms with Gasteiger partial charge < -0.3 is 10.6 Å². The number of rotatable bonds is 5. The lowest BCUT2D eigenvalue weighted by molar-refractivity contribution is -0.385. The van der Waals surface area contributed by atoms with E-state index in [0.29, 0.717) is 6.54 Å². The third-order valence-corrected chi connectivity index (χ3v) is 2.96. The van der Waals surface area contributed by atoms with Crippen molar-refractivity contribution < 1.29 is 4.92 Å². The number of nitriles is 1. The van der Waals surface area contributed by atoms with Crippen molar-refractivity contribution in [3.63, 3.8) is 0 Å². The summed E-state index contributed by atoms with van der Waals surface area (Å²) in [6.07, 6.45) is 2.19. The van der Waals surface area contributed by atoms with Crippen molar-refractivity contribution in [1.29, 1.82) is 5.26 Å². The van der Waals surface area contributed by atoms with Crippen LogP contribution in [0.2, 0.25) is 0 Å². The molecule has 1 aliphatic rings. The molecule has 100 valence electrons. The zero-order valence-corrected chi connectivity index (χ0v) is 10.5. The van der Waals surface area contributed by atoms with E-state index in [0.717, 1.165) is 12.8 Å². The molecule has 0 amide bonds. The molecule has 0 bridgehead atoms. The highest BCUT2D eigenvalue weighted by Crippen LogP contribution is 2.37. The lowest BCUT2D eigenvalue weighted by Gasteiger charge is -2.22. The molecule has 2 rings (SSSR count). The van der Waals surface area contributed by atoms with E-state index in [-0.39, 0.29) is 35.6 Å². The second kappa shape index (κ2) is 5.06. The van der Waals surface area contributed by atoms with Gasteiger partial charge in [0.2, 0.25) is 11.8 Å². The Morgan fingerprint density at radius 2 is 2.26 bits per heavy atom. The van der Waals surface area contributed by atoms with E-state index in [9.17, 15) is 10.1 Å². The van der Waals surface area contributed by atoms with Crippen molar-refractivity contribution >= 4 is 17.5 Å². The second-order valence-electron chi connectivity index (χ2n) is 4.43. The number of aryl methyl sites for hydroxylation is 1. The number of nitro groups is 1. The molecule has 1 aromatic rings. The summed E-state index contributed by atoms with van der Waals surface area (Å²) in [5.41, 5.74) is 5.70. The van der Waals surface area contributed by atoms with Crippen molar-refractivity contribution in [2.45, 2.75) is 32.2 Å². The zero-order chi connectivity index (χ0) is 14.0. The number of aromatic nitrogens is 2. The van der Waals surface area contributed by atoms with Crippen LogP contribution in [0.25, 0.3) is 0 Å². The van der Waals surface area contributed by atoms with Gasteiger partial charge in [-0.2, -0.15) is 10.2 Å². The Labute approximate surface area is 110 Å². The first-order valence-electron chi connectivity index (χ1n) is 5.96. The monoisotopic (exact) mass is 262 g/mol. The zero-order valence-electron chi connectivity index (χ0n) is 10.5. The summed E-state index contributed by atoms with van der Waals surface area (Å²) in [6, 6.07) is 2.25. The molecular formula is C11H14N6O2. The first-order chi connectivity index (χ1) is 9.04. The van der Waals surface area contributed by atoms with Gasteiger partial charge in [0.05, 0.1) is 17.4 Å². The first kappa shape index (κ1) is 13.0. The maximum atomic E-state index is 11.2. The van der Waals surface area contributed by atoms with Crippen molar-refractivity contribution in [2.24, 2.45) is 0 Å². The molecule has 0 spiro atoms. The van der Waals surface area contributed by atoms with Crippen LogP contribution in [0.5, 0.6) is 0 Å². The average molecular weight is 262 g/mol. The Kier molecular flexibility index (Phi) is 3.46. The topological polar surface area (TPSA) is 122 Å². The molecule has 0 aromatic carbocycles. The standard InChI is InChI=1S/C11H14N6O2/c1-7-9(17(18)19)10(15-11(13)14-7)16(6-2-5-12)8-3-4-8/h8H,2-4,6H2,1H3,(H2,13,14,15). The van der Waals surface area contributed by atoms with E-state index in [2.05, 4.69) is 9.97 Å². The molecule has 0 saturated heterocycles. The van der Waals surface area contributed by atoms with Gasteiger partial charge in [0.1, 0.15) is 5.69 Å². The summed E-state index contributed by atoms with van der Waals surface area (Å²) in [6.45, 7) is 1.95. The fourth-order valence-corrected chi connectivity index (χ4v) is 2.01. The normalized spacial score (nSPS) is 13.9. The van der Waals surface area contributed by atoms with Gasteiger partial charge in [-0.3, -0.25) is 10.1 Å². The van der Waals surface area contributed by atoms with Crippen LogP contribution >= 0.6 is 0 Å². The Balaban J connectivity index is 2.45. The molecule has 0 aliphatic heterocycles. The summed E-state index contributed by atoms with van der Waals surface area (Å²) in [5.74, 6) is 0.244. The smallest absolute Gasteiger partial charge is 0.332 e. The molecule has 1 fully saturated rings. The Hall–Kier alpha value is -2.43. The Morgan fingerprint density at radius 1 is 1.58 bits per heavy atom. The number of nitrogen functional groups attached to an aromatic ring is 1. The predicted octanol–water partition coefficient (Wildman–Crippen LogP) is 1.16. The lowest BCUT2D eigenvalue weighted by Crippen LogP contribution is -2.29. The molecule has 2 N–H and O–H groups in total. The maximum absolute atomic E-state index is 11.2. The molecular weight excluding hydrogens is 248 g/mol. The van der Waals surface area contributed by atoms with E-state index in [4.69, 9.17) is 11.0 Å². The number of nitrogens with two attached hydrogens (primary N) is 1. The third-order valence-electron chi connectivity index (χ3n) is 2.96. The SMILES string of the molecule is Cc1nc(N)nc(N(CCC#N)C2CC2)c1[N+](=O)[O-]. The number of hydrogen-bond donors (Lipinski definition) is 1. The molecule has 8 nitrogen and oxygen atoms in total. The molecule has 19 heavy (non-hydrogen) atoms. The van der Waals surface area contributed by atoms with E-state index < -0.39 is 4.92 Å². The number of anilines is 2. The van der Waals surface area contributed by atoms with Crippen molar-refractivity contribution in [3.8, 4) is 6.07 Å². The summed E-state index contributed by atoms with van der Waals surface area (Å²) >= 11 is 0. The lowest BCUT2D eigenvalue weighted by atomic mass is 10.3. The fourth-order valence-electron chi connectivity index (χ4n) is 2.01. The molecule has 0 radical (unpaired) electrons. The highest BCUT2D eigenvalue weighted by atomic mass is 16.6. The highest BCUT2D eigenvalue weighted by Gasteiger charge is 2.35. The van der Waals surface area contributed by atoms with Crippen LogP contribution in [-0.4, -0.2) is 27.5 Å². The second-order valence-corrected chi connectivity index (χ2v) is 4.43. The van der Waals surface area contributed by atoms with E-state index in [1.807, 2.05) is 6.07 Å². The van der Waals surface area contributed by atoms with Gasteiger partial charge in [-0.05, 0) is 19.8 Å². The first-order valence-corrected chi connectivity index (χ1v) is 5.96. The largest absolute Gasteiger partial charge is 0.368 e. The number of nitrogens with zero attached hydrogens (tertiary/aromatic N) is 5. The minimum atomic E-state index is -0.494. The Morgan fingerprint density at radius 3 is 2.79 bits per heavy atom. The van der Waals surface area contributed by atoms with E-state index >= 15 is 0 Å². The van der Waals surface area contributed by atoms with E-state index in [1.165, 1.54) is 6.92 Å². The Bertz CT molecular complexity index is 549. The van der Waals surface area contributed by atoms with Crippen LogP contribution in [0.4, 0.5) is 17.5 Å². The molecule has 8 heteroatoms. The van der Waals surface area contributed by atoms with Crippen molar-refractivity contribution in [2.75, 3.05) is 17.2 Å². The fraction of sp³-hybridized carbons (Fsp3) is 0.545. The van der Waals surface area contributed by atoms with Crippen molar-refractivity contribution in [1.82, 2.24) is 9.97 Å². The van der Waals surface area contributed by atoms with Gasteiger partial charge in [0.15, 0.2) is 0 Å². The minimum absolute atomic E-state index is 0.0145. The summed E-state index contributed by atoms with van der Waals surface area (Å²) < 4.78 is 0.